The quantitative estimate of drug-likeness (QED) is 0.784. The van der Waals surface area contributed by atoms with Crippen LogP contribution in [-0.4, -0.2) is 30.2 Å². The molecule has 120 valence electrons. The number of aromatic nitrogens is 1. The van der Waals surface area contributed by atoms with Crippen molar-refractivity contribution in [1.82, 2.24) is 4.98 Å². The van der Waals surface area contributed by atoms with E-state index in [4.69, 9.17) is 0 Å². The van der Waals surface area contributed by atoms with Crippen LogP contribution in [0.5, 0.6) is 0 Å². The van der Waals surface area contributed by atoms with Crippen LogP contribution in [0.25, 0.3) is 22.4 Å². The number of carboxylic acids is 1. The number of aromatic carboxylic acids is 1. The Bertz CT molecular complexity index is 871. The predicted molar refractivity (Wildman–Crippen MR) is 96.4 cm³/mol. The summed E-state index contributed by atoms with van der Waals surface area (Å²) in [7, 11) is 3.99. The third-order valence-electron chi connectivity index (χ3n) is 3.92. The fourth-order valence-electron chi connectivity index (χ4n) is 2.67. The van der Waals surface area contributed by atoms with Gasteiger partial charge in [0.15, 0.2) is 0 Å². The molecule has 3 aromatic rings. The molecule has 0 unspecified atom stereocenters. The first-order valence-electron chi connectivity index (χ1n) is 7.63. The van der Waals surface area contributed by atoms with E-state index in [9.17, 15) is 9.90 Å². The number of anilines is 1. The lowest BCUT2D eigenvalue weighted by atomic mass is 9.96. The van der Waals surface area contributed by atoms with Gasteiger partial charge in [0.05, 0.1) is 11.3 Å². The summed E-state index contributed by atoms with van der Waals surface area (Å²) in [5.41, 5.74) is 4.57. The molecule has 3 rings (SSSR count). The van der Waals surface area contributed by atoms with E-state index >= 15 is 0 Å². The van der Waals surface area contributed by atoms with Crippen molar-refractivity contribution in [3.05, 3.63) is 72.4 Å². The molecule has 0 fully saturated rings. The van der Waals surface area contributed by atoms with Gasteiger partial charge in [0.25, 0.3) is 0 Å². The second kappa shape index (κ2) is 6.54. The van der Waals surface area contributed by atoms with Crippen LogP contribution >= 0.6 is 0 Å². The highest BCUT2D eigenvalue weighted by Crippen LogP contribution is 2.32. The van der Waals surface area contributed by atoms with E-state index in [0.29, 0.717) is 11.3 Å². The van der Waals surface area contributed by atoms with Gasteiger partial charge in [-0.3, -0.25) is 4.98 Å². The zero-order valence-corrected chi connectivity index (χ0v) is 13.6. The SMILES string of the molecule is CN(C)c1ccc(-c2cccnc2-c2ccccc2C(=O)O)cc1. The lowest BCUT2D eigenvalue weighted by Gasteiger charge is -2.14. The first-order chi connectivity index (χ1) is 11.6. The van der Waals surface area contributed by atoms with Crippen LogP contribution in [0.3, 0.4) is 0 Å². The molecule has 0 bridgehead atoms. The van der Waals surface area contributed by atoms with Gasteiger partial charge < -0.3 is 10.0 Å². The number of pyridine rings is 1. The Kier molecular flexibility index (Phi) is 4.29. The van der Waals surface area contributed by atoms with Crippen LogP contribution in [0.15, 0.2) is 66.9 Å². The average Bonchev–Trinajstić information content (AvgIpc) is 2.62. The molecule has 1 heterocycles. The third-order valence-corrected chi connectivity index (χ3v) is 3.92. The van der Waals surface area contributed by atoms with Crippen LogP contribution in [-0.2, 0) is 0 Å². The Morgan fingerprint density at radius 2 is 1.58 bits per heavy atom. The Balaban J connectivity index is 2.14. The molecule has 0 saturated heterocycles. The Labute approximate surface area is 141 Å². The minimum absolute atomic E-state index is 0.252. The standard InChI is InChI=1S/C20H18N2O2/c1-22(2)15-11-9-14(10-12-15)16-8-5-13-21-19(16)17-6-3-4-7-18(17)20(23)24/h3-13H,1-2H3,(H,23,24). The summed E-state index contributed by atoms with van der Waals surface area (Å²) in [4.78, 5) is 18.0. The lowest BCUT2D eigenvalue weighted by molar-refractivity contribution is 0.0697. The first-order valence-corrected chi connectivity index (χ1v) is 7.63. The van der Waals surface area contributed by atoms with E-state index < -0.39 is 5.97 Å². The van der Waals surface area contributed by atoms with Gasteiger partial charge in [0.2, 0.25) is 0 Å². The second-order valence-electron chi connectivity index (χ2n) is 5.69. The van der Waals surface area contributed by atoms with Gasteiger partial charge >= 0.3 is 5.97 Å². The molecule has 4 heteroatoms. The molecule has 0 aliphatic carbocycles. The number of hydrogen-bond acceptors (Lipinski definition) is 3. The maximum Gasteiger partial charge on any atom is 0.336 e. The van der Waals surface area contributed by atoms with Crippen molar-refractivity contribution in [2.45, 2.75) is 0 Å². The molecule has 4 nitrogen and oxygen atoms in total. The third kappa shape index (κ3) is 2.99. The summed E-state index contributed by atoms with van der Waals surface area (Å²) < 4.78 is 0. The van der Waals surface area contributed by atoms with Crippen LogP contribution < -0.4 is 4.90 Å². The molecule has 0 amide bonds. The van der Waals surface area contributed by atoms with Crippen LogP contribution in [0.1, 0.15) is 10.4 Å². The summed E-state index contributed by atoms with van der Waals surface area (Å²) >= 11 is 0. The van der Waals surface area contributed by atoms with Crippen LogP contribution in [0, 0.1) is 0 Å². The van der Waals surface area contributed by atoms with Gasteiger partial charge in [-0.15, -0.1) is 0 Å². The van der Waals surface area contributed by atoms with Gasteiger partial charge in [-0.05, 0) is 29.8 Å². The highest BCUT2D eigenvalue weighted by atomic mass is 16.4. The molecule has 1 N–H and O–H groups in total. The molecular weight excluding hydrogens is 300 g/mol. The Morgan fingerprint density at radius 3 is 2.25 bits per heavy atom. The molecule has 2 aromatic carbocycles. The van der Waals surface area contributed by atoms with Gasteiger partial charge in [0.1, 0.15) is 0 Å². The van der Waals surface area contributed by atoms with E-state index in [1.807, 2.05) is 61.5 Å². The summed E-state index contributed by atoms with van der Waals surface area (Å²) in [6.07, 6.45) is 1.69. The molecule has 24 heavy (non-hydrogen) atoms. The van der Waals surface area contributed by atoms with Gasteiger partial charge in [0, 0.05) is 37.1 Å². The molecule has 0 aliphatic rings. The summed E-state index contributed by atoms with van der Waals surface area (Å²) in [6, 6.07) is 18.9. The molecule has 0 saturated carbocycles. The number of rotatable bonds is 4. The molecular formula is C20H18N2O2. The van der Waals surface area contributed by atoms with Gasteiger partial charge in [-0.2, -0.15) is 0 Å². The van der Waals surface area contributed by atoms with Crippen molar-refractivity contribution >= 4 is 11.7 Å². The number of carbonyl (C=O) groups is 1. The van der Waals surface area contributed by atoms with E-state index in [1.54, 1.807) is 24.4 Å². The summed E-state index contributed by atoms with van der Waals surface area (Å²) in [5, 5.41) is 9.45. The van der Waals surface area contributed by atoms with Crippen molar-refractivity contribution in [3.8, 4) is 22.4 Å². The fraction of sp³-hybridized carbons (Fsp3) is 0.100. The number of nitrogens with zero attached hydrogens (tertiary/aromatic N) is 2. The van der Waals surface area contributed by atoms with Crippen LogP contribution in [0.4, 0.5) is 5.69 Å². The largest absolute Gasteiger partial charge is 0.478 e. The zero-order chi connectivity index (χ0) is 17.1. The van der Waals surface area contributed by atoms with Crippen LogP contribution in [0.2, 0.25) is 0 Å². The lowest BCUT2D eigenvalue weighted by Crippen LogP contribution is -2.08. The minimum atomic E-state index is -0.954. The monoisotopic (exact) mass is 318 g/mol. The van der Waals surface area contributed by atoms with Crippen molar-refractivity contribution in [2.24, 2.45) is 0 Å². The molecule has 0 spiro atoms. The number of benzene rings is 2. The highest BCUT2D eigenvalue weighted by Gasteiger charge is 2.15. The van der Waals surface area contributed by atoms with E-state index in [0.717, 1.165) is 16.8 Å². The smallest absolute Gasteiger partial charge is 0.336 e. The van der Waals surface area contributed by atoms with Crippen molar-refractivity contribution < 1.29 is 9.90 Å². The maximum absolute atomic E-state index is 11.5. The number of hydrogen-bond donors (Lipinski definition) is 1. The number of carboxylic acid groups (broad SMARTS) is 1. The van der Waals surface area contributed by atoms with Gasteiger partial charge in [-0.25, -0.2) is 4.79 Å². The highest BCUT2D eigenvalue weighted by molar-refractivity contribution is 5.97. The molecule has 0 aliphatic heterocycles. The summed E-state index contributed by atoms with van der Waals surface area (Å²) in [5.74, 6) is -0.954. The fourth-order valence-corrected chi connectivity index (χ4v) is 2.67. The molecule has 1 aromatic heterocycles. The van der Waals surface area contributed by atoms with Crippen molar-refractivity contribution in [1.29, 1.82) is 0 Å². The van der Waals surface area contributed by atoms with E-state index in [1.165, 1.54) is 0 Å². The normalized spacial score (nSPS) is 10.4. The van der Waals surface area contributed by atoms with Gasteiger partial charge in [-0.1, -0.05) is 36.4 Å². The van der Waals surface area contributed by atoms with Crippen molar-refractivity contribution in [3.63, 3.8) is 0 Å². The Hall–Kier alpha value is -3.14. The Morgan fingerprint density at radius 1 is 0.917 bits per heavy atom. The predicted octanol–water partition coefficient (Wildman–Crippen LogP) is 4.18. The summed E-state index contributed by atoms with van der Waals surface area (Å²) in [6.45, 7) is 0. The average molecular weight is 318 g/mol. The van der Waals surface area contributed by atoms with Crippen molar-refractivity contribution in [2.75, 3.05) is 19.0 Å². The maximum atomic E-state index is 11.5. The first kappa shape index (κ1) is 15.7. The topological polar surface area (TPSA) is 53.4 Å². The zero-order valence-electron chi connectivity index (χ0n) is 13.6. The second-order valence-corrected chi connectivity index (χ2v) is 5.69. The van der Waals surface area contributed by atoms with E-state index in [2.05, 4.69) is 4.98 Å². The minimum Gasteiger partial charge on any atom is -0.478 e. The van der Waals surface area contributed by atoms with E-state index in [-0.39, 0.29) is 5.56 Å². The molecule has 0 atom stereocenters. The molecule has 0 radical (unpaired) electrons.